The molecule has 1 fully saturated rings. The molecule has 1 heterocycles. The average molecular weight is 243 g/mol. The molecule has 0 spiro atoms. The Morgan fingerprint density at radius 3 is 2.47 bits per heavy atom. The first-order chi connectivity index (χ1) is 8.26. The van der Waals surface area contributed by atoms with Crippen LogP contribution in [0.25, 0.3) is 0 Å². The van der Waals surface area contributed by atoms with Gasteiger partial charge < -0.3 is 15.0 Å². The number of carbonyl (C=O) groups excluding carboxylic acids is 1. The molecule has 0 aromatic heterocycles. The molecule has 5 heteroatoms. The first-order valence-electron chi connectivity index (χ1n) is 6.46. The number of piperazine rings is 1. The summed E-state index contributed by atoms with van der Waals surface area (Å²) in [5.41, 5.74) is 0. The largest absolute Gasteiger partial charge is 0.383 e. The number of amides is 1. The summed E-state index contributed by atoms with van der Waals surface area (Å²) < 4.78 is 4.89. The lowest BCUT2D eigenvalue weighted by atomic mass is 10.3. The molecule has 0 aromatic rings. The second-order valence-electron chi connectivity index (χ2n) is 4.46. The van der Waals surface area contributed by atoms with Gasteiger partial charge in [0.2, 0.25) is 5.91 Å². The highest BCUT2D eigenvalue weighted by atomic mass is 16.5. The first-order valence-corrected chi connectivity index (χ1v) is 6.46. The van der Waals surface area contributed by atoms with Crippen LogP contribution in [-0.2, 0) is 9.53 Å². The van der Waals surface area contributed by atoms with Crippen LogP contribution < -0.4 is 5.32 Å². The fourth-order valence-electron chi connectivity index (χ4n) is 2.04. The molecule has 100 valence electrons. The van der Waals surface area contributed by atoms with E-state index >= 15 is 0 Å². The molecule has 17 heavy (non-hydrogen) atoms. The van der Waals surface area contributed by atoms with Gasteiger partial charge in [0.1, 0.15) is 0 Å². The predicted molar refractivity (Wildman–Crippen MR) is 68.1 cm³/mol. The second-order valence-corrected chi connectivity index (χ2v) is 4.46. The molecule has 0 aromatic carbocycles. The highest BCUT2D eigenvalue weighted by molar-refractivity contribution is 5.77. The van der Waals surface area contributed by atoms with Gasteiger partial charge in [0, 0.05) is 39.8 Å². The molecule has 1 N–H and O–H groups in total. The zero-order valence-corrected chi connectivity index (χ0v) is 11.1. The molecule has 1 rings (SSSR count). The Morgan fingerprint density at radius 2 is 1.88 bits per heavy atom. The molecule has 0 bridgehead atoms. The number of hydrogen-bond acceptors (Lipinski definition) is 4. The number of hydrogen-bond donors (Lipinski definition) is 1. The smallest absolute Gasteiger partial charge is 0.234 e. The number of rotatable bonds is 7. The van der Waals surface area contributed by atoms with Crippen molar-refractivity contribution in [3.63, 3.8) is 0 Å². The van der Waals surface area contributed by atoms with Crippen LogP contribution in [0, 0.1) is 0 Å². The number of nitrogens with zero attached hydrogens (tertiary/aromatic N) is 2. The van der Waals surface area contributed by atoms with Gasteiger partial charge in [-0.3, -0.25) is 9.69 Å². The van der Waals surface area contributed by atoms with Crippen LogP contribution in [-0.4, -0.2) is 75.2 Å². The van der Waals surface area contributed by atoms with Crippen molar-refractivity contribution in [3.05, 3.63) is 0 Å². The van der Waals surface area contributed by atoms with Crippen molar-refractivity contribution >= 4 is 5.91 Å². The fourth-order valence-corrected chi connectivity index (χ4v) is 2.04. The highest BCUT2D eigenvalue weighted by Gasteiger charge is 2.17. The normalized spacial score (nSPS) is 18.2. The molecule has 1 amide bonds. The van der Waals surface area contributed by atoms with E-state index in [0.29, 0.717) is 19.7 Å². The second kappa shape index (κ2) is 8.44. The summed E-state index contributed by atoms with van der Waals surface area (Å²) in [4.78, 5) is 16.2. The molecule has 1 aliphatic rings. The molecular weight excluding hydrogens is 218 g/mol. The van der Waals surface area contributed by atoms with E-state index in [1.807, 2.05) is 0 Å². The summed E-state index contributed by atoms with van der Waals surface area (Å²) >= 11 is 0. The van der Waals surface area contributed by atoms with Crippen LogP contribution >= 0.6 is 0 Å². The maximum Gasteiger partial charge on any atom is 0.234 e. The maximum atomic E-state index is 11.6. The van der Waals surface area contributed by atoms with E-state index < -0.39 is 0 Å². The summed E-state index contributed by atoms with van der Waals surface area (Å²) in [7, 11) is 1.64. The fraction of sp³-hybridized carbons (Fsp3) is 0.917. The van der Waals surface area contributed by atoms with Gasteiger partial charge in [-0.2, -0.15) is 0 Å². The molecule has 1 saturated heterocycles. The van der Waals surface area contributed by atoms with Gasteiger partial charge in [-0.1, -0.05) is 6.92 Å². The van der Waals surface area contributed by atoms with Gasteiger partial charge in [-0.05, 0) is 13.0 Å². The number of ether oxygens (including phenoxy) is 1. The Balaban J connectivity index is 2.10. The number of nitrogens with one attached hydrogen (secondary N) is 1. The van der Waals surface area contributed by atoms with Gasteiger partial charge in [-0.25, -0.2) is 0 Å². The van der Waals surface area contributed by atoms with Gasteiger partial charge in [0.25, 0.3) is 0 Å². The van der Waals surface area contributed by atoms with Crippen molar-refractivity contribution in [3.8, 4) is 0 Å². The lowest BCUT2D eigenvalue weighted by Crippen LogP contribution is -2.49. The Morgan fingerprint density at radius 1 is 1.24 bits per heavy atom. The van der Waals surface area contributed by atoms with Gasteiger partial charge >= 0.3 is 0 Å². The van der Waals surface area contributed by atoms with Crippen molar-refractivity contribution in [1.29, 1.82) is 0 Å². The lowest BCUT2D eigenvalue weighted by molar-refractivity contribution is -0.122. The SMILES string of the molecule is CCCN1CCN(CC(=O)NCCOC)CC1. The van der Waals surface area contributed by atoms with Crippen molar-refractivity contribution in [2.75, 3.05) is 59.5 Å². The highest BCUT2D eigenvalue weighted by Crippen LogP contribution is 2.01. The minimum Gasteiger partial charge on any atom is -0.383 e. The Bertz CT molecular complexity index is 216. The average Bonchev–Trinajstić information content (AvgIpc) is 2.32. The Labute approximate surface area is 104 Å². The monoisotopic (exact) mass is 243 g/mol. The van der Waals surface area contributed by atoms with Crippen LogP contribution in [0.5, 0.6) is 0 Å². The van der Waals surface area contributed by atoms with E-state index in [2.05, 4.69) is 22.0 Å². The van der Waals surface area contributed by atoms with Crippen molar-refractivity contribution < 1.29 is 9.53 Å². The minimum atomic E-state index is 0.103. The Kier molecular flexibility index (Phi) is 7.16. The van der Waals surface area contributed by atoms with Gasteiger partial charge in [0.05, 0.1) is 13.2 Å². The van der Waals surface area contributed by atoms with Gasteiger partial charge in [0.15, 0.2) is 0 Å². The van der Waals surface area contributed by atoms with Crippen LogP contribution in [0.1, 0.15) is 13.3 Å². The molecule has 0 atom stereocenters. The molecule has 0 radical (unpaired) electrons. The van der Waals surface area contributed by atoms with Gasteiger partial charge in [-0.15, -0.1) is 0 Å². The first kappa shape index (κ1) is 14.4. The molecule has 0 unspecified atom stereocenters. The predicted octanol–water partition coefficient (Wildman–Crippen LogP) is -0.223. The van der Waals surface area contributed by atoms with Crippen molar-refractivity contribution in [2.24, 2.45) is 0 Å². The third kappa shape index (κ3) is 6.00. The minimum absolute atomic E-state index is 0.103. The summed E-state index contributed by atoms with van der Waals surface area (Å²) in [5, 5.41) is 2.85. The van der Waals surface area contributed by atoms with E-state index in [1.54, 1.807) is 7.11 Å². The summed E-state index contributed by atoms with van der Waals surface area (Å²) in [5.74, 6) is 0.103. The quantitative estimate of drug-likeness (QED) is 0.628. The van der Waals surface area contributed by atoms with Crippen LogP contribution in [0.4, 0.5) is 0 Å². The third-order valence-electron chi connectivity index (χ3n) is 3.00. The molecule has 0 saturated carbocycles. The summed E-state index contributed by atoms with van der Waals surface area (Å²) in [6.07, 6.45) is 1.21. The third-order valence-corrected chi connectivity index (χ3v) is 3.00. The zero-order chi connectivity index (χ0) is 12.5. The summed E-state index contributed by atoms with van der Waals surface area (Å²) in [6, 6.07) is 0. The lowest BCUT2D eigenvalue weighted by Gasteiger charge is -2.34. The van der Waals surface area contributed by atoms with E-state index in [4.69, 9.17) is 4.74 Å². The van der Waals surface area contributed by atoms with E-state index in [-0.39, 0.29) is 5.91 Å². The van der Waals surface area contributed by atoms with Crippen LogP contribution in [0.15, 0.2) is 0 Å². The maximum absolute atomic E-state index is 11.6. The zero-order valence-electron chi connectivity index (χ0n) is 11.1. The summed E-state index contributed by atoms with van der Waals surface area (Å²) in [6.45, 7) is 9.24. The van der Waals surface area contributed by atoms with Crippen molar-refractivity contribution in [1.82, 2.24) is 15.1 Å². The Hall–Kier alpha value is -0.650. The molecular formula is C12H25N3O2. The molecule has 5 nitrogen and oxygen atoms in total. The standard InChI is InChI=1S/C12H25N3O2/c1-3-5-14-6-8-15(9-7-14)11-12(16)13-4-10-17-2/h3-11H2,1-2H3,(H,13,16). The van der Waals surface area contributed by atoms with E-state index in [9.17, 15) is 4.79 Å². The number of carbonyl (C=O) groups is 1. The molecule has 1 aliphatic heterocycles. The van der Waals surface area contributed by atoms with Crippen LogP contribution in [0.2, 0.25) is 0 Å². The van der Waals surface area contributed by atoms with Crippen LogP contribution in [0.3, 0.4) is 0 Å². The van der Waals surface area contributed by atoms with E-state index in [1.165, 1.54) is 13.0 Å². The van der Waals surface area contributed by atoms with Crippen molar-refractivity contribution in [2.45, 2.75) is 13.3 Å². The van der Waals surface area contributed by atoms with E-state index in [0.717, 1.165) is 26.2 Å². The topological polar surface area (TPSA) is 44.8 Å². The number of methoxy groups -OCH3 is 1. The molecule has 0 aliphatic carbocycles.